The average molecular weight is 363 g/mol. The van der Waals surface area contributed by atoms with Crippen LogP contribution in [-0.4, -0.2) is 59.1 Å². The van der Waals surface area contributed by atoms with Crippen molar-refractivity contribution < 1.29 is 8.42 Å². The van der Waals surface area contributed by atoms with Gasteiger partial charge in [-0.3, -0.25) is 0 Å². The highest BCUT2D eigenvalue weighted by Crippen LogP contribution is 2.30. The summed E-state index contributed by atoms with van der Waals surface area (Å²) in [5, 5.41) is 0.789. The van der Waals surface area contributed by atoms with Gasteiger partial charge in [-0.05, 0) is 25.3 Å². The number of nitrogens with zero attached hydrogens (tertiary/aromatic N) is 4. The normalized spacial score (nSPS) is 23.0. The lowest BCUT2D eigenvalue weighted by atomic mass is 10.0. The molecule has 2 fully saturated rings. The van der Waals surface area contributed by atoms with Crippen LogP contribution in [0.25, 0.3) is 11.0 Å². The maximum atomic E-state index is 13.0. The Kier molecular flexibility index (Phi) is 4.41. The van der Waals surface area contributed by atoms with Crippen LogP contribution in [0.2, 0.25) is 0 Å². The number of hydrogen-bond donors (Lipinski definition) is 1. The summed E-state index contributed by atoms with van der Waals surface area (Å²) < 4.78 is 27.6. The van der Waals surface area contributed by atoms with E-state index in [2.05, 4.69) is 19.9 Å². The van der Waals surface area contributed by atoms with Crippen LogP contribution in [0.4, 0.5) is 5.82 Å². The first kappa shape index (κ1) is 16.8. The van der Waals surface area contributed by atoms with Gasteiger partial charge in [0.1, 0.15) is 17.8 Å². The van der Waals surface area contributed by atoms with Crippen LogP contribution in [-0.2, 0) is 10.0 Å². The summed E-state index contributed by atoms with van der Waals surface area (Å²) >= 11 is 0. The summed E-state index contributed by atoms with van der Waals surface area (Å²) in [6.07, 6.45) is 9.07. The Morgan fingerprint density at radius 3 is 2.80 bits per heavy atom. The summed E-state index contributed by atoms with van der Waals surface area (Å²) in [5.74, 6) is 0.886. The molecule has 136 valence electrons. The maximum absolute atomic E-state index is 13.0. The lowest BCUT2D eigenvalue weighted by Gasteiger charge is -2.30. The minimum Gasteiger partial charge on any atom is -0.354 e. The van der Waals surface area contributed by atoms with Gasteiger partial charge in [0.05, 0.1) is 10.6 Å². The van der Waals surface area contributed by atoms with Crippen LogP contribution >= 0.6 is 0 Å². The zero-order chi connectivity index (χ0) is 17.4. The molecule has 0 spiro atoms. The number of likely N-dealkylation sites (N-methyl/N-ethyl adjacent to an activating group) is 1. The van der Waals surface area contributed by atoms with Crippen molar-refractivity contribution in [3.8, 4) is 0 Å². The zero-order valence-electron chi connectivity index (χ0n) is 14.6. The number of sulfonamides is 1. The standard InChI is InChI=1S/C17H25N5O2S/c1-21(25(23,24)14-5-3-2-4-6-14)13-8-10-22(11-13)17-15-7-9-18-16(15)19-12-20-17/h7,9,12-14H,2-6,8,10-11H2,1H3,(H,18,19,20). The fourth-order valence-electron chi connectivity index (χ4n) is 4.15. The second kappa shape index (κ2) is 6.57. The van der Waals surface area contributed by atoms with Gasteiger partial charge in [0.2, 0.25) is 10.0 Å². The predicted molar refractivity (Wildman–Crippen MR) is 98.1 cm³/mol. The second-order valence-corrected chi connectivity index (χ2v) is 9.42. The molecule has 1 aliphatic carbocycles. The Morgan fingerprint density at radius 2 is 2.00 bits per heavy atom. The number of nitrogens with one attached hydrogen (secondary N) is 1. The SMILES string of the molecule is CN(C1CCN(c2ncnc3[nH]ccc23)C1)S(=O)(=O)C1CCCCC1. The van der Waals surface area contributed by atoms with Crippen molar-refractivity contribution in [1.29, 1.82) is 0 Å². The number of aromatic amines is 1. The van der Waals surface area contributed by atoms with Gasteiger partial charge in [-0.15, -0.1) is 0 Å². The van der Waals surface area contributed by atoms with Gasteiger partial charge in [-0.1, -0.05) is 19.3 Å². The summed E-state index contributed by atoms with van der Waals surface area (Å²) in [6.45, 7) is 1.49. The van der Waals surface area contributed by atoms with Gasteiger partial charge < -0.3 is 9.88 Å². The summed E-state index contributed by atoms with van der Waals surface area (Å²) in [6, 6.07) is 1.98. The molecule has 1 N–H and O–H groups in total. The van der Waals surface area contributed by atoms with Crippen molar-refractivity contribution in [1.82, 2.24) is 19.3 Å². The van der Waals surface area contributed by atoms with E-state index in [9.17, 15) is 8.42 Å². The molecule has 1 aliphatic heterocycles. The van der Waals surface area contributed by atoms with Crippen molar-refractivity contribution in [3.05, 3.63) is 18.6 Å². The number of aromatic nitrogens is 3. The van der Waals surface area contributed by atoms with Gasteiger partial charge in [0, 0.05) is 32.4 Å². The van der Waals surface area contributed by atoms with Gasteiger partial charge in [-0.25, -0.2) is 18.4 Å². The molecule has 4 rings (SSSR count). The van der Waals surface area contributed by atoms with E-state index in [1.54, 1.807) is 17.7 Å². The van der Waals surface area contributed by atoms with E-state index in [0.717, 1.165) is 61.9 Å². The lowest BCUT2D eigenvalue weighted by Crippen LogP contribution is -2.44. The third-order valence-corrected chi connectivity index (χ3v) is 8.10. The molecule has 2 aromatic heterocycles. The molecule has 2 aromatic rings. The molecule has 25 heavy (non-hydrogen) atoms. The Labute approximate surface area is 148 Å². The molecule has 1 atom stereocenters. The molecule has 8 heteroatoms. The Bertz CT molecular complexity index is 844. The molecule has 0 radical (unpaired) electrons. The fourth-order valence-corrected chi connectivity index (χ4v) is 6.13. The molecule has 0 amide bonds. The minimum absolute atomic E-state index is 0.0101. The molecule has 3 heterocycles. The molecule has 2 aliphatic rings. The second-order valence-electron chi connectivity index (χ2n) is 7.15. The van der Waals surface area contributed by atoms with Crippen molar-refractivity contribution in [3.63, 3.8) is 0 Å². The van der Waals surface area contributed by atoms with E-state index >= 15 is 0 Å². The summed E-state index contributed by atoms with van der Waals surface area (Å²) in [4.78, 5) is 13.9. The summed E-state index contributed by atoms with van der Waals surface area (Å²) in [5.41, 5.74) is 0.816. The van der Waals surface area contributed by atoms with Gasteiger partial charge in [0.15, 0.2) is 0 Å². The van der Waals surface area contributed by atoms with Crippen molar-refractivity contribution in [2.45, 2.75) is 49.8 Å². The van der Waals surface area contributed by atoms with Crippen LogP contribution in [0.1, 0.15) is 38.5 Å². The van der Waals surface area contributed by atoms with Crippen LogP contribution in [0.15, 0.2) is 18.6 Å². The molecule has 1 saturated carbocycles. The van der Waals surface area contributed by atoms with Crippen LogP contribution < -0.4 is 4.90 Å². The first-order valence-electron chi connectivity index (χ1n) is 9.07. The molecule has 1 unspecified atom stereocenters. The number of rotatable bonds is 4. The lowest BCUT2D eigenvalue weighted by molar-refractivity contribution is 0.370. The Morgan fingerprint density at radius 1 is 1.20 bits per heavy atom. The molecule has 7 nitrogen and oxygen atoms in total. The number of hydrogen-bond acceptors (Lipinski definition) is 5. The first-order valence-corrected chi connectivity index (χ1v) is 10.6. The monoisotopic (exact) mass is 363 g/mol. The number of fused-ring (bicyclic) bond motifs is 1. The average Bonchev–Trinajstić information content (AvgIpc) is 3.31. The quantitative estimate of drug-likeness (QED) is 0.900. The molecule has 0 aromatic carbocycles. The minimum atomic E-state index is -3.22. The van der Waals surface area contributed by atoms with E-state index in [1.165, 1.54) is 0 Å². The fraction of sp³-hybridized carbons (Fsp3) is 0.647. The van der Waals surface area contributed by atoms with Gasteiger partial charge in [0.25, 0.3) is 0 Å². The van der Waals surface area contributed by atoms with E-state index in [1.807, 2.05) is 12.3 Å². The largest absolute Gasteiger partial charge is 0.354 e. The first-order chi connectivity index (χ1) is 12.1. The van der Waals surface area contributed by atoms with Crippen LogP contribution in [0.3, 0.4) is 0 Å². The third-order valence-electron chi connectivity index (χ3n) is 5.68. The smallest absolute Gasteiger partial charge is 0.217 e. The zero-order valence-corrected chi connectivity index (χ0v) is 15.4. The number of H-pyrrole nitrogens is 1. The maximum Gasteiger partial charge on any atom is 0.217 e. The van der Waals surface area contributed by atoms with Crippen LogP contribution in [0, 0.1) is 0 Å². The molecular weight excluding hydrogens is 338 g/mol. The van der Waals surface area contributed by atoms with Crippen LogP contribution in [0.5, 0.6) is 0 Å². The highest BCUT2D eigenvalue weighted by molar-refractivity contribution is 7.89. The van der Waals surface area contributed by atoms with E-state index in [0.29, 0.717) is 6.54 Å². The van der Waals surface area contributed by atoms with Gasteiger partial charge >= 0.3 is 0 Å². The Balaban J connectivity index is 1.51. The van der Waals surface area contributed by atoms with Crippen molar-refractivity contribution in [2.75, 3.05) is 25.0 Å². The highest BCUT2D eigenvalue weighted by atomic mass is 32.2. The topological polar surface area (TPSA) is 82.2 Å². The molecular formula is C17H25N5O2S. The molecule has 1 saturated heterocycles. The van der Waals surface area contributed by atoms with E-state index in [4.69, 9.17) is 0 Å². The van der Waals surface area contributed by atoms with E-state index in [-0.39, 0.29) is 11.3 Å². The van der Waals surface area contributed by atoms with Crippen molar-refractivity contribution >= 4 is 26.9 Å². The Hall–Kier alpha value is -1.67. The van der Waals surface area contributed by atoms with E-state index < -0.39 is 10.0 Å². The molecule has 0 bridgehead atoms. The predicted octanol–water partition coefficient (Wildman–Crippen LogP) is 2.13. The highest BCUT2D eigenvalue weighted by Gasteiger charge is 2.37. The van der Waals surface area contributed by atoms with Crippen molar-refractivity contribution in [2.24, 2.45) is 0 Å². The van der Waals surface area contributed by atoms with Gasteiger partial charge in [-0.2, -0.15) is 4.31 Å². The number of anilines is 1. The summed E-state index contributed by atoms with van der Waals surface area (Å²) in [7, 11) is -1.46. The third kappa shape index (κ3) is 3.01.